The van der Waals surface area contributed by atoms with Crippen LogP contribution in [-0.2, 0) is 9.53 Å². The number of carbonyl (C=O) groups is 1. The molecule has 8 heteroatoms. The van der Waals surface area contributed by atoms with Crippen LogP contribution in [0, 0.1) is 5.82 Å². The van der Waals surface area contributed by atoms with Gasteiger partial charge in [-0.3, -0.25) is 4.99 Å². The summed E-state index contributed by atoms with van der Waals surface area (Å²) < 4.78 is 18.7. The third-order valence-electron chi connectivity index (χ3n) is 3.54. The summed E-state index contributed by atoms with van der Waals surface area (Å²) in [5.41, 5.74) is 1.41. The van der Waals surface area contributed by atoms with Crippen LogP contribution in [0.15, 0.2) is 46.0 Å². The van der Waals surface area contributed by atoms with Gasteiger partial charge in [-0.1, -0.05) is 17.7 Å². The lowest BCUT2D eigenvalue weighted by Crippen LogP contribution is -2.32. The molecule has 1 aliphatic rings. The molecule has 0 bridgehead atoms. The van der Waals surface area contributed by atoms with Gasteiger partial charge < -0.3 is 10.1 Å². The first-order valence-corrected chi connectivity index (χ1v) is 8.25. The Morgan fingerprint density at radius 1 is 1.46 bits per heavy atom. The van der Waals surface area contributed by atoms with Crippen molar-refractivity contribution >= 4 is 34.7 Å². The molecule has 0 spiro atoms. The van der Waals surface area contributed by atoms with E-state index in [-0.39, 0.29) is 5.02 Å². The third kappa shape index (κ3) is 3.05. The van der Waals surface area contributed by atoms with Crippen molar-refractivity contribution in [2.45, 2.75) is 13.0 Å². The second-order valence-electron chi connectivity index (χ2n) is 5.05. The van der Waals surface area contributed by atoms with Crippen molar-refractivity contribution in [2.75, 3.05) is 7.11 Å². The number of benzene rings is 1. The van der Waals surface area contributed by atoms with Crippen LogP contribution in [0.2, 0.25) is 5.02 Å². The van der Waals surface area contributed by atoms with Gasteiger partial charge in [-0.2, -0.15) is 0 Å². The zero-order chi connectivity index (χ0) is 17.3. The Balaban J connectivity index is 2.12. The van der Waals surface area contributed by atoms with E-state index in [1.165, 1.54) is 30.6 Å². The predicted molar refractivity (Wildman–Crippen MR) is 90.7 cm³/mol. The zero-order valence-electron chi connectivity index (χ0n) is 12.8. The van der Waals surface area contributed by atoms with Crippen LogP contribution in [0.25, 0.3) is 0 Å². The van der Waals surface area contributed by atoms with E-state index in [1.807, 2.05) is 5.38 Å². The van der Waals surface area contributed by atoms with E-state index < -0.39 is 17.8 Å². The van der Waals surface area contributed by atoms with Crippen molar-refractivity contribution in [1.82, 2.24) is 10.3 Å². The lowest BCUT2D eigenvalue weighted by Gasteiger charge is -2.25. The third-order valence-corrected chi connectivity index (χ3v) is 4.63. The normalized spacial score (nSPS) is 17.3. The SMILES string of the molecule is COC(=O)C1=C(C)NC(c2nccs2)=NC1c1ccc(Cl)c(F)c1. The van der Waals surface area contributed by atoms with Crippen molar-refractivity contribution in [3.05, 3.63) is 62.5 Å². The first-order valence-electron chi connectivity index (χ1n) is 7.00. The molecule has 0 radical (unpaired) electrons. The highest BCUT2D eigenvalue weighted by atomic mass is 35.5. The quantitative estimate of drug-likeness (QED) is 0.846. The smallest absolute Gasteiger partial charge is 0.338 e. The van der Waals surface area contributed by atoms with Crippen molar-refractivity contribution < 1.29 is 13.9 Å². The number of methoxy groups -OCH3 is 1. The van der Waals surface area contributed by atoms with Crippen LogP contribution in [-0.4, -0.2) is 23.9 Å². The highest BCUT2D eigenvalue weighted by Crippen LogP contribution is 2.33. The summed E-state index contributed by atoms with van der Waals surface area (Å²) >= 11 is 7.16. The molecule has 0 saturated carbocycles. The van der Waals surface area contributed by atoms with Crippen molar-refractivity contribution in [1.29, 1.82) is 0 Å². The van der Waals surface area contributed by atoms with Crippen molar-refractivity contribution in [2.24, 2.45) is 4.99 Å². The standard InChI is InChI=1S/C16H13ClFN3O2S/c1-8-12(16(22)23-2)13(9-3-4-10(17)11(18)7-9)21-14(20-8)15-19-5-6-24-15/h3-7,13H,1-2H3,(H,20,21). The van der Waals surface area contributed by atoms with E-state index in [0.717, 1.165) is 0 Å². The summed E-state index contributed by atoms with van der Waals surface area (Å²) in [6.07, 6.45) is 1.66. The summed E-state index contributed by atoms with van der Waals surface area (Å²) in [4.78, 5) is 21.0. The second kappa shape index (κ2) is 6.70. The fraction of sp³-hybridized carbons (Fsp3) is 0.188. The first-order chi connectivity index (χ1) is 11.5. The maximum absolute atomic E-state index is 13.9. The maximum Gasteiger partial charge on any atom is 0.338 e. The number of nitrogens with one attached hydrogen (secondary N) is 1. The number of nitrogens with zero attached hydrogens (tertiary/aromatic N) is 2. The number of ether oxygens (including phenoxy) is 1. The number of amidine groups is 1. The molecule has 1 aromatic heterocycles. The topological polar surface area (TPSA) is 63.6 Å². The monoisotopic (exact) mass is 365 g/mol. The van der Waals surface area contributed by atoms with Gasteiger partial charge in [-0.05, 0) is 24.6 Å². The van der Waals surface area contributed by atoms with Gasteiger partial charge in [0.2, 0.25) is 0 Å². The van der Waals surface area contributed by atoms with Gasteiger partial charge in [-0.25, -0.2) is 14.2 Å². The van der Waals surface area contributed by atoms with Crippen LogP contribution in [0.4, 0.5) is 4.39 Å². The fourth-order valence-corrected chi connectivity index (χ4v) is 3.13. The van der Waals surface area contributed by atoms with E-state index >= 15 is 0 Å². The lowest BCUT2D eigenvalue weighted by atomic mass is 9.96. The van der Waals surface area contributed by atoms with E-state index in [4.69, 9.17) is 16.3 Å². The summed E-state index contributed by atoms with van der Waals surface area (Å²) in [6.45, 7) is 1.74. The Bertz CT molecular complexity index is 849. The summed E-state index contributed by atoms with van der Waals surface area (Å²) in [6, 6.07) is 3.65. The number of halogens is 2. The van der Waals surface area contributed by atoms with Gasteiger partial charge in [0.25, 0.3) is 0 Å². The molecule has 1 unspecified atom stereocenters. The molecular formula is C16H13ClFN3O2S. The Hall–Kier alpha value is -2.25. The van der Waals surface area contributed by atoms with Crippen LogP contribution in [0.3, 0.4) is 0 Å². The van der Waals surface area contributed by atoms with Crippen molar-refractivity contribution in [3.63, 3.8) is 0 Å². The second-order valence-corrected chi connectivity index (χ2v) is 6.35. The minimum absolute atomic E-state index is 0.0112. The molecule has 1 atom stereocenters. The van der Waals surface area contributed by atoms with E-state index in [1.54, 1.807) is 19.2 Å². The highest BCUT2D eigenvalue weighted by molar-refractivity contribution is 7.11. The molecule has 2 heterocycles. The van der Waals surface area contributed by atoms with E-state index in [0.29, 0.717) is 27.7 Å². The number of allylic oxidation sites excluding steroid dienone is 1. The van der Waals surface area contributed by atoms with Crippen LogP contribution < -0.4 is 5.32 Å². The van der Waals surface area contributed by atoms with E-state index in [2.05, 4.69) is 15.3 Å². The molecule has 1 N–H and O–H groups in total. The zero-order valence-corrected chi connectivity index (χ0v) is 14.4. The van der Waals surface area contributed by atoms with Gasteiger partial charge in [-0.15, -0.1) is 11.3 Å². The minimum Gasteiger partial charge on any atom is -0.466 e. The first kappa shape index (κ1) is 16.6. The molecule has 1 aliphatic heterocycles. The number of rotatable bonds is 3. The number of hydrogen-bond donors (Lipinski definition) is 1. The molecule has 5 nitrogen and oxygen atoms in total. The molecular weight excluding hydrogens is 353 g/mol. The number of aliphatic imine (C=N–C) groups is 1. The molecule has 0 amide bonds. The molecule has 1 aromatic carbocycles. The molecule has 0 saturated heterocycles. The number of thiazole rings is 1. The molecule has 0 fully saturated rings. The maximum atomic E-state index is 13.9. The average molecular weight is 366 g/mol. The van der Waals surface area contributed by atoms with Gasteiger partial charge in [0.15, 0.2) is 10.8 Å². The fourth-order valence-electron chi connectivity index (χ4n) is 2.42. The number of hydrogen-bond acceptors (Lipinski definition) is 6. The molecule has 2 aromatic rings. The Morgan fingerprint density at radius 2 is 2.25 bits per heavy atom. The van der Waals surface area contributed by atoms with E-state index in [9.17, 15) is 9.18 Å². The molecule has 124 valence electrons. The van der Waals surface area contributed by atoms with Gasteiger partial charge in [0.1, 0.15) is 11.9 Å². The van der Waals surface area contributed by atoms with Crippen LogP contribution >= 0.6 is 22.9 Å². The Morgan fingerprint density at radius 3 is 2.88 bits per heavy atom. The minimum atomic E-state index is -0.704. The van der Waals surface area contributed by atoms with Crippen LogP contribution in [0.1, 0.15) is 23.5 Å². The number of aromatic nitrogens is 1. The Kier molecular flexibility index (Phi) is 4.64. The summed E-state index contributed by atoms with van der Waals surface area (Å²) in [7, 11) is 1.29. The Labute approximate surface area is 146 Å². The molecule has 24 heavy (non-hydrogen) atoms. The lowest BCUT2D eigenvalue weighted by molar-refractivity contribution is -0.136. The van der Waals surface area contributed by atoms with Gasteiger partial charge in [0.05, 0.1) is 17.7 Å². The number of carbonyl (C=O) groups excluding carboxylic acids is 1. The summed E-state index contributed by atoms with van der Waals surface area (Å²) in [5, 5.41) is 5.58. The van der Waals surface area contributed by atoms with Crippen molar-refractivity contribution in [3.8, 4) is 0 Å². The summed E-state index contributed by atoms with van der Waals surface area (Å²) in [5.74, 6) is -0.571. The molecule has 0 aliphatic carbocycles. The largest absolute Gasteiger partial charge is 0.466 e. The van der Waals surface area contributed by atoms with Crippen LogP contribution in [0.5, 0.6) is 0 Å². The van der Waals surface area contributed by atoms with Gasteiger partial charge in [0, 0.05) is 17.3 Å². The van der Waals surface area contributed by atoms with Gasteiger partial charge >= 0.3 is 5.97 Å². The number of esters is 1. The highest BCUT2D eigenvalue weighted by Gasteiger charge is 2.31. The average Bonchev–Trinajstić information content (AvgIpc) is 3.10. The predicted octanol–water partition coefficient (Wildman–Crippen LogP) is 3.47. The molecule has 3 rings (SSSR count).